The molecule has 0 aromatic heterocycles. The number of nitrogen functional groups attached to an aromatic ring is 1. The van der Waals surface area contributed by atoms with Crippen LogP contribution in [0.5, 0.6) is 0 Å². The summed E-state index contributed by atoms with van der Waals surface area (Å²) in [5.74, 6) is -2.15. The van der Waals surface area contributed by atoms with E-state index in [1.54, 1.807) is 12.1 Å². The van der Waals surface area contributed by atoms with Crippen LogP contribution in [0.1, 0.15) is 67.6 Å². The molecule has 1 fully saturated rings. The van der Waals surface area contributed by atoms with Gasteiger partial charge in [0, 0.05) is 16.6 Å². The average Bonchev–Trinajstić information content (AvgIpc) is 2.96. The van der Waals surface area contributed by atoms with Gasteiger partial charge in [-0.05, 0) is 61.3 Å². The minimum atomic E-state index is -0.921. The van der Waals surface area contributed by atoms with Crippen LogP contribution in [-0.2, 0) is 20.8 Å². The Hall–Kier alpha value is -3.64. The number of rotatable bonds is 14. The van der Waals surface area contributed by atoms with E-state index in [1.807, 2.05) is 36.4 Å². The van der Waals surface area contributed by atoms with Crippen molar-refractivity contribution in [1.29, 1.82) is 5.41 Å². The number of carbonyl (C=O) groups excluding carboxylic acids is 3. The van der Waals surface area contributed by atoms with Gasteiger partial charge >= 0.3 is 0 Å². The number of nitrogens with one attached hydrogen (secondary N) is 3. The summed E-state index contributed by atoms with van der Waals surface area (Å²) in [6, 6.07) is 13.0. The molecular weight excluding hydrogens is 636 g/mol. The summed E-state index contributed by atoms with van der Waals surface area (Å²) < 4.78 is 0.830. The van der Waals surface area contributed by atoms with Crippen LogP contribution in [0, 0.1) is 11.3 Å². The molecule has 0 bridgehead atoms. The van der Waals surface area contributed by atoms with Crippen LogP contribution in [0.3, 0.4) is 0 Å². The Morgan fingerprint density at radius 3 is 2.21 bits per heavy atom. The first kappa shape index (κ1) is 35.6. The number of amides is 3. The maximum Gasteiger partial charge on any atom is 0.243 e. The number of carbonyl (C=O) groups is 3. The van der Waals surface area contributed by atoms with Gasteiger partial charge in [-0.3, -0.25) is 24.8 Å². The second kappa shape index (κ2) is 17.5. The van der Waals surface area contributed by atoms with Crippen LogP contribution < -0.4 is 33.6 Å². The Kier molecular flexibility index (Phi) is 14.4. The van der Waals surface area contributed by atoms with Crippen molar-refractivity contribution in [2.45, 2.75) is 69.4 Å². The van der Waals surface area contributed by atoms with Gasteiger partial charge in [0.2, 0.25) is 17.7 Å². The van der Waals surface area contributed by atoms with E-state index in [9.17, 15) is 14.4 Å². The Balaban J connectivity index is 0.00000645. The molecule has 2 aromatic rings. The summed E-state index contributed by atoms with van der Waals surface area (Å²) in [6.07, 6.45) is 5.65. The first-order valence-electron chi connectivity index (χ1n) is 14.2. The molecule has 3 rings (SSSR count). The standard InChI is InChI=1S/C30H41BrN8O3.ClH/c31-22-9-4-8-21(17-22)23(16-18-11-13-20(14-12-18)26(32)33)28(41)39-25(19-6-2-1-3-7-19)29(42)38-24(27(34)40)10-5-15-37-30(35)36;/h4,8-9,11-14,17,19,23-25H,1-3,5-7,10,15-16H2,(H3,32,33)(H2,34,40)(H,38,42)(H,39,41)(H4,35,36,37);1H/t23?,24-,25-;/m0./s1. The van der Waals surface area contributed by atoms with Gasteiger partial charge in [0.05, 0.1) is 5.92 Å². The number of halogens is 2. The number of benzene rings is 2. The van der Waals surface area contributed by atoms with E-state index in [0.29, 0.717) is 24.9 Å². The third kappa shape index (κ3) is 11.2. The summed E-state index contributed by atoms with van der Waals surface area (Å²) in [5.41, 5.74) is 24.2. The number of hydrogen-bond acceptors (Lipinski definition) is 5. The predicted octanol–water partition coefficient (Wildman–Crippen LogP) is 2.57. The summed E-state index contributed by atoms with van der Waals surface area (Å²) in [5, 5.41) is 13.5. The number of nitrogens with two attached hydrogens (primary N) is 4. The van der Waals surface area contributed by atoms with E-state index < -0.39 is 29.8 Å². The molecule has 1 saturated carbocycles. The van der Waals surface area contributed by atoms with E-state index in [4.69, 9.17) is 28.3 Å². The van der Waals surface area contributed by atoms with Gasteiger partial charge in [-0.1, -0.05) is 71.6 Å². The first-order chi connectivity index (χ1) is 20.0. The van der Waals surface area contributed by atoms with Gasteiger partial charge < -0.3 is 33.6 Å². The predicted molar refractivity (Wildman–Crippen MR) is 175 cm³/mol. The molecular formula is C30H42BrClN8O3. The van der Waals surface area contributed by atoms with Gasteiger partial charge in [0.15, 0.2) is 5.96 Å². The summed E-state index contributed by atoms with van der Waals surface area (Å²) in [7, 11) is 0. The molecule has 43 heavy (non-hydrogen) atoms. The molecule has 0 aliphatic heterocycles. The van der Waals surface area contributed by atoms with Crippen molar-refractivity contribution in [1.82, 2.24) is 10.6 Å². The molecule has 2 aromatic carbocycles. The zero-order chi connectivity index (χ0) is 30.6. The zero-order valence-electron chi connectivity index (χ0n) is 24.1. The van der Waals surface area contributed by atoms with E-state index >= 15 is 0 Å². The number of amidine groups is 1. The molecule has 0 spiro atoms. The molecule has 0 heterocycles. The lowest BCUT2D eigenvalue weighted by molar-refractivity contribution is -0.133. The number of hydrogen-bond donors (Lipinski definition) is 7. The van der Waals surface area contributed by atoms with Crippen LogP contribution in [0.15, 0.2) is 58.0 Å². The van der Waals surface area contributed by atoms with E-state index in [0.717, 1.165) is 47.7 Å². The van der Waals surface area contributed by atoms with Crippen LogP contribution >= 0.6 is 28.3 Å². The lowest BCUT2D eigenvalue weighted by Crippen LogP contribution is -2.56. The first-order valence-corrected chi connectivity index (χ1v) is 15.0. The second-order valence-electron chi connectivity index (χ2n) is 10.7. The molecule has 1 unspecified atom stereocenters. The fourth-order valence-corrected chi connectivity index (χ4v) is 5.73. The van der Waals surface area contributed by atoms with Gasteiger partial charge in [-0.2, -0.15) is 0 Å². The Labute approximate surface area is 267 Å². The molecule has 3 amide bonds. The molecule has 0 saturated heterocycles. The number of guanidine groups is 1. The zero-order valence-corrected chi connectivity index (χ0v) is 26.5. The third-order valence-corrected chi connectivity index (χ3v) is 8.07. The normalized spacial score (nSPS) is 15.2. The molecule has 11 N–H and O–H groups in total. The quantitative estimate of drug-likeness (QED) is 0.0905. The van der Waals surface area contributed by atoms with Crippen molar-refractivity contribution < 1.29 is 14.4 Å². The number of aliphatic imine (C=N–C) groups is 1. The van der Waals surface area contributed by atoms with Crippen LogP contribution in [0.4, 0.5) is 0 Å². The maximum atomic E-state index is 14.0. The Bertz CT molecular complexity index is 1280. The Morgan fingerprint density at radius 2 is 1.63 bits per heavy atom. The van der Waals surface area contributed by atoms with E-state index in [2.05, 4.69) is 31.6 Å². The van der Waals surface area contributed by atoms with Gasteiger partial charge in [0.1, 0.15) is 17.9 Å². The molecule has 0 radical (unpaired) electrons. The fraction of sp³-hybridized carbons (Fsp3) is 0.433. The smallest absolute Gasteiger partial charge is 0.243 e. The highest BCUT2D eigenvalue weighted by Crippen LogP contribution is 2.29. The number of primary amides is 1. The van der Waals surface area contributed by atoms with Gasteiger partial charge in [-0.25, -0.2) is 0 Å². The second-order valence-corrected chi connectivity index (χ2v) is 11.6. The van der Waals surface area contributed by atoms with Crippen LogP contribution in [0.2, 0.25) is 0 Å². The van der Waals surface area contributed by atoms with Crippen molar-refractivity contribution in [2.75, 3.05) is 6.54 Å². The summed E-state index contributed by atoms with van der Waals surface area (Å²) in [6.45, 7) is 0.298. The van der Waals surface area contributed by atoms with E-state index in [1.165, 1.54) is 0 Å². The minimum absolute atomic E-state index is 0. The molecule has 11 nitrogen and oxygen atoms in total. The Morgan fingerprint density at radius 1 is 0.953 bits per heavy atom. The lowest BCUT2D eigenvalue weighted by atomic mass is 9.82. The third-order valence-electron chi connectivity index (χ3n) is 7.58. The summed E-state index contributed by atoms with van der Waals surface area (Å²) in [4.78, 5) is 43.8. The highest BCUT2D eigenvalue weighted by atomic mass is 79.9. The lowest BCUT2D eigenvalue weighted by Gasteiger charge is -2.32. The molecule has 1 aliphatic carbocycles. The molecule has 3 atom stereocenters. The number of nitrogens with zero attached hydrogens (tertiary/aromatic N) is 1. The fourth-order valence-electron chi connectivity index (χ4n) is 5.31. The largest absolute Gasteiger partial charge is 0.384 e. The van der Waals surface area contributed by atoms with Crippen LogP contribution in [-0.4, -0.2) is 48.1 Å². The minimum Gasteiger partial charge on any atom is -0.384 e. The highest BCUT2D eigenvalue weighted by Gasteiger charge is 2.35. The van der Waals surface area contributed by atoms with Crippen molar-refractivity contribution in [3.05, 3.63) is 69.7 Å². The highest BCUT2D eigenvalue weighted by molar-refractivity contribution is 9.10. The van der Waals surface area contributed by atoms with Crippen molar-refractivity contribution in [2.24, 2.45) is 33.8 Å². The molecule has 1 aliphatic rings. The maximum absolute atomic E-state index is 14.0. The van der Waals surface area contributed by atoms with Crippen LogP contribution in [0.25, 0.3) is 0 Å². The molecule has 13 heteroatoms. The topological polar surface area (TPSA) is 216 Å². The van der Waals surface area contributed by atoms with Gasteiger partial charge in [-0.15, -0.1) is 12.4 Å². The van der Waals surface area contributed by atoms with Crippen molar-refractivity contribution in [3.63, 3.8) is 0 Å². The van der Waals surface area contributed by atoms with Gasteiger partial charge in [0.25, 0.3) is 0 Å². The van der Waals surface area contributed by atoms with Crippen molar-refractivity contribution in [3.8, 4) is 0 Å². The average molecular weight is 678 g/mol. The summed E-state index contributed by atoms with van der Waals surface area (Å²) >= 11 is 3.50. The van der Waals surface area contributed by atoms with Crippen molar-refractivity contribution >= 4 is 57.9 Å². The monoisotopic (exact) mass is 676 g/mol. The van der Waals surface area contributed by atoms with E-state index in [-0.39, 0.29) is 42.4 Å². The molecule has 234 valence electrons. The SMILES string of the molecule is Cl.N=C(N)c1ccc(CC(C(=O)N[C@H](C(=O)N[C@@H](CCCN=C(N)N)C(N)=O)C2CCCCC2)c2cccc(Br)c2)cc1.